The minimum Gasteiger partial charge on any atom is -0.497 e. The summed E-state index contributed by atoms with van der Waals surface area (Å²) in [6, 6.07) is 7.54. The van der Waals surface area contributed by atoms with E-state index in [1.807, 2.05) is 24.3 Å². The van der Waals surface area contributed by atoms with Crippen LogP contribution in [0.3, 0.4) is 0 Å². The Labute approximate surface area is 130 Å². The van der Waals surface area contributed by atoms with Gasteiger partial charge in [0.1, 0.15) is 11.8 Å². The standard InChI is InChI=1S/C17H22N2O3/c1-19-14(7-8-15(19)20)16(21)18-17(9-4-10-17)12-5-3-6-13(11-12)22-2/h3,5-6,11,14H,4,7-10H2,1-2H3,(H,18,21)/t14-/m1/s1. The van der Waals surface area contributed by atoms with E-state index < -0.39 is 0 Å². The van der Waals surface area contributed by atoms with Gasteiger partial charge in [0.05, 0.1) is 12.6 Å². The molecule has 118 valence electrons. The molecule has 1 atom stereocenters. The normalized spacial score (nSPS) is 23.1. The second-order valence-corrected chi connectivity index (χ2v) is 6.22. The highest BCUT2D eigenvalue weighted by atomic mass is 16.5. The quantitative estimate of drug-likeness (QED) is 0.923. The highest BCUT2D eigenvalue weighted by Gasteiger charge is 2.43. The molecule has 1 heterocycles. The average molecular weight is 302 g/mol. The van der Waals surface area contributed by atoms with Crippen LogP contribution in [0.4, 0.5) is 0 Å². The molecule has 2 amide bonds. The molecule has 0 aromatic heterocycles. The van der Waals surface area contributed by atoms with Gasteiger partial charge in [0.2, 0.25) is 11.8 Å². The third kappa shape index (κ3) is 2.45. The number of nitrogens with zero attached hydrogens (tertiary/aromatic N) is 1. The molecule has 0 bridgehead atoms. The molecule has 1 saturated carbocycles. The minimum absolute atomic E-state index is 0.0455. The van der Waals surface area contributed by atoms with Gasteiger partial charge in [-0.1, -0.05) is 12.1 Å². The summed E-state index contributed by atoms with van der Waals surface area (Å²) in [5, 5.41) is 3.20. The Hall–Kier alpha value is -2.04. The SMILES string of the molecule is COc1cccc(C2(NC(=O)[C@H]3CCC(=O)N3C)CCC2)c1. The number of hydrogen-bond donors (Lipinski definition) is 1. The van der Waals surface area contributed by atoms with E-state index in [2.05, 4.69) is 5.32 Å². The summed E-state index contributed by atoms with van der Waals surface area (Å²) in [5.74, 6) is 0.797. The Balaban J connectivity index is 1.79. The molecule has 1 aliphatic carbocycles. The summed E-state index contributed by atoms with van der Waals surface area (Å²) < 4.78 is 5.29. The van der Waals surface area contributed by atoms with Crippen molar-refractivity contribution < 1.29 is 14.3 Å². The monoisotopic (exact) mass is 302 g/mol. The molecule has 0 radical (unpaired) electrons. The summed E-state index contributed by atoms with van der Waals surface area (Å²) in [6.45, 7) is 0. The average Bonchev–Trinajstić information content (AvgIpc) is 2.83. The van der Waals surface area contributed by atoms with Crippen LogP contribution >= 0.6 is 0 Å². The van der Waals surface area contributed by atoms with Gasteiger partial charge >= 0.3 is 0 Å². The van der Waals surface area contributed by atoms with Crippen LogP contribution in [0.5, 0.6) is 5.75 Å². The van der Waals surface area contributed by atoms with Crippen LogP contribution in [-0.4, -0.2) is 36.9 Å². The first-order valence-corrected chi connectivity index (χ1v) is 7.78. The maximum atomic E-state index is 12.6. The fraction of sp³-hybridized carbons (Fsp3) is 0.529. The lowest BCUT2D eigenvalue weighted by Crippen LogP contribution is -2.55. The topological polar surface area (TPSA) is 58.6 Å². The van der Waals surface area contributed by atoms with Crippen LogP contribution in [0.1, 0.15) is 37.7 Å². The molecule has 1 N–H and O–H groups in total. The molecule has 2 fully saturated rings. The lowest BCUT2D eigenvalue weighted by atomic mass is 9.71. The highest BCUT2D eigenvalue weighted by molar-refractivity contribution is 5.91. The smallest absolute Gasteiger partial charge is 0.243 e. The van der Waals surface area contributed by atoms with Crippen molar-refractivity contribution in [3.63, 3.8) is 0 Å². The van der Waals surface area contributed by atoms with Gasteiger partial charge in [-0.15, -0.1) is 0 Å². The Morgan fingerprint density at radius 1 is 1.41 bits per heavy atom. The van der Waals surface area contributed by atoms with Gasteiger partial charge in [-0.3, -0.25) is 9.59 Å². The van der Waals surface area contributed by atoms with Crippen molar-refractivity contribution in [2.75, 3.05) is 14.2 Å². The third-order valence-corrected chi connectivity index (χ3v) is 4.99. The first kappa shape index (κ1) is 14.9. The van der Waals surface area contributed by atoms with Crippen LogP contribution in [0.25, 0.3) is 0 Å². The van der Waals surface area contributed by atoms with E-state index >= 15 is 0 Å². The number of nitrogens with one attached hydrogen (secondary N) is 1. The molecule has 1 aromatic carbocycles. The number of carbonyl (C=O) groups excluding carboxylic acids is 2. The van der Waals surface area contributed by atoms with E-state index in [1.54, 1.807) is 19.1 Å². The number of amides is 2. The fourth-order valence-electron chi connectivity index (χ4n) is 3.37. The number of ether oxygens (including phenoxy) is 1. The summed E-state index contributed by atoms with van der Waals surface area (Å²) in [5.41, 5.74) is 0.774. The number of hydrogen-bond acceptors (Lipinski definition) is 3. The van der Waals surface area contributed by atoms with Crippen molar-refractivity contribution in [1.82, 2.24) is 10.2 Å². The highest BCUT2D eigenvalue weighted by Crippen LogP contribution is 2.42. The Kier molecular flexibility index (Phi) is 3.81. The van der Waals surface area contributed by atoms with Crippen LogP contribution < -0.4 is 10.1 Å². The Morgan fingerprint density at radius 2 is 2.18 bits per heavy atom. The molecule has 1 saturated heterocycles. The van der Waals surface area contributed by atoms with E-state index in [0.29, 0.717) is 12.8 Å². The van der Waals surface area contributed by atoms with E-state index in [9.17, 15) is 9.59 Å². The lowest BCUT2D eigenvalue weighted by Gasteiger charge is -2.44. The predicted octanol–water partition coefficient (Wildman–Crippen LogP) is 1.81. The largest absolute Gasteiger partial charge is 0.497 e. The van der Waals surface area contributed by atoms with E-state index in [-0.39, 0.29) is 23.4 Å². The van der Waals surface area contributed by atoms with Crippen molar-refractivity contribution >= 4 is 11.8 Å². The summed E-state index contributed by atoms with van der Waals surface area (Å²) in [6.07, 6.45) is 4.01. The number of likely N-dealkylation sites (tertiary alicyclic amines) is 1. The molecule has 5 heteroatoms. The first-order valence-electron chi connectivity index (χ1n) is 7.78. The number of rotatable bonds is 4. The number of carbonyl (C=O) groups is 2. The fourth-order valence-corrected chi connectivity index (χ4v) is 3.37. The van der Waals surface area contributed by atoms with Crippen molar-refractivity contribution in [3.8, 4) is 5.75 Å². The first-order chi connectivity index (χ1) is 10.6. The maximum absolute atomic E-state index is 12.6. The van der Waals surface area contributed by atoms with Gasteiger partial charge in [-0.05, 0) is 43.4 Å². The van der Waals surface area contributed by atoms with Gasteiger partial charge < -0.3 is 15.0 Å². The summed E-state index contributed by atoms with van der Waals surface area (Å²) in [7, 11) is 3.35. The summed E-state index contributed by atoms with van der Waals surface area (Å²) >= 11 is 0. The lowest BCUT2D eigenvalue weighted by molar-refractivity contribution is -0.135. The second kappa shape index (κ2) is 5.63. The van der Waals surface area contributed by atoms with Gasteiger partial charge in [0.25, 0.3) is 0 Å². The molecule has 0 unspecified atom stereocenters. The molecular formula is C17H22N2O3. The Morgan fingerprint density at radius 3 is 2.73 bits per heavy atom. The summed E-state index contributed by atoms with van der Waals surface area (Å²) in [4.78, 5) is 25.8. The van der Waals surface area contributed by atoms with E-state index in [1.165, 1.54) is 0 Å². The Bertz CT molecular complexity index is 595. The zero-order valence-corrected chi connectivity index (χ0v) is 13.1. The molecule has 0 spiro atoms. The van der Waals surface area contributed by atoms with Crippen molar-refractivity contribution in [2.24, 2.45) is 0 Å². The maximum Gasteiger partial charge on any atom is 0.243 e. The van der Waals surface area contributed by atoms with Crippen LogP contribution in [0.2, 0.25) is 0 Å². The molecular weight excluding hydrogens is 280 g/mol. The van der Waals surface area contributed by atoms with Gasteiger partial charge in [-0.25, -0.2) is 0 Å². The van der Waals surface area contributed by atoms with E-state index in [0.717, 1.165) is 30.6 Å². The number of methoxy groups -OCH3 is 1. The third-order valence-electron chi connectivity index (χ3n) is 4.99. The second-order valence-electron chi connectivity index (χ2n) is 6.22. The number of benzene rings is 1. The van der Waals surface area contributed by atoms with Crippen LogP contribution in [-0.2, 0) is 15.1 Å². The molecule has 1 aromatic rings. The molecule has 1 aliphatic heterocycles. The molecule has 5 nitrogen and oxygen atoms in total. The van der Waals surface area contributed by atoms with Crippen LogP contribution in [0.15, 0.2) is 24.3 Å². The zero-order chi connectivity index (χ0) is 15.7. The van der Waals surface area contributed by atoms with E-state index in [4.69, 9.17) is 4.74 Å². The number of likely N-dealkylation sites (N-methyl/N-ethyl adjacent to an activating group) is 1. The molecule has 22 heavy (non-hydrogen) atoms. The van der Waals surface area contributed by atoms with Crippen molar-refractivity contribution in [3.05, 3.63) is 29.8 Å². The molecule has 2 aliphatic rings. The zero-order valence-electron chi connectivity index (χ0n) is 13.1. The molecule has 3 rings (SSSR count). The van der Waals surface area contributed by atoms with Gasteiger partial charge in [0, 0.05) is 13.5 Å². The van der Waals surface area contributed by atoms with Crippen molar-refractivity contribution in [2.45, 2.75) is 43.7 Å². The van der Waals surface area contributed by atoms with Gasteiger partial charge in [0.15, 0.2) is 0 Å². The van der Waals surface area contributed by atoms with Gasteiger partial charge in [-0.2, -0.15) is 0 Å². The minimum atomic E-state index is -0.337. The predicted molar refractivity (Wildman–Crippen MR) is 82.5 cm³/mol. The van der Waals surface area contributed by atoms with Crippen LogP contribution in [0, 0.1) is 0 Å². The van der Waals surface area contributed by atoms with Crippen molar-refractivity contribution in [1.29, 1.82) is 0 Å².